The number of hydrogen-bond acceptors (Lipinski definition) is 5. The van der Waals surface area contributed by atoms with Crippen molar-refractivity contribution in [2.45, 2.75) is 13.0 Å². The zero-order chi connectivity index (χ0) is 15.6. The molecule has 0 aliphatic rings. The lowest BCUT2D eigenvalue weighted by Gasteiger charge is -2.08. The van der Waals surface area contributed by atoms with Crippen molar-refractivity contribution < 1.29 is 9.53 Å². The highest BCUT2D eigenvalue weighted by Gasteiger charge is 2.06. The van der Waals surface area contributed by atoms with Crippen LogP contribution in [0.5, 0.6) is 0 Å². The third-order valence-corrected chi connectivity index (χ3v) is 3.03. The molecule has 22 heavy (non-hydrogen) atoms. The number of carbonyl (C=O) groups excluding carboxylic acids is 1. The third kappa shape index (κ3) is 5.14. The van der Waals surface area contributed by atoms with Crippen LogP contribution < -0.4 is 10.6 Å². The number of ether oxygens (including phenoxy) is 1. The molecule has 6 heteroatoms. The Morgan fingerprint density at radius 1 is 1.32 bits per heavy atom. The van der Waals surface area contributed by atoms with Crippen LogP contribution in [0, 0.1) is 0 Å². The third-order valence-electron chi connectivity index (χ3n) is 3.03. The van der Waals surface area contributed by atoms with Gasteiger partial charge < -0.3 is 15.4 Å². The molecule has 0 saturated heterocycles. The van der Waals surface area contributed by atoms with E-state index in [2.05, 4.69) is 20.6 Å². The lowest BCUT2D eigenvalue weighted by Crippen LogP contribution is -2.25. The second kappa shape index (κ2) is 8.74. The van der Waals surface area contributed by atoms with Gasteiger partial charge in [-0.25, -0.2) is 4.98 Å². The second-order valence-electron chi connectivity index (χ2n) is 4.75. The molecular formula is C16H20N4O2. The van der Waals surface area contributed by atoms with Crippen LogP contribution in [0.4, 0.5) is 5.82 Å². The van der Waals surface area contributed by atoms with E-state index >= 15 is 0 Å². The van der Waals surface area contributed by atoms with E-state index in [9.17, 15) is 4.79 Å². The van der Waals surface area contributed by atoms with Crippen LogP contribution in [-0.2, 0) is 11.3 Å². The van der Waals surface area contributed by atoms with Crippen molar-refractivity contribution >= 4 is 11.7 Å². The fourth-order valence-electron chi connectivity index (χ4n) is 1.88. The molecule has 0 aromatic carbocycles. The van der Waals surface area contributed by atoms with E-state index in [0.717, 1.165) is 12.0 Å². The van der Waals surface area contributed by atoms with Crippen molar-refractivity contribution in [3.8, 4) is 0 Å². The predicted molar refractivity (Wildman–Crippen MR) is 84.6 cm³/mol. The van der Waals surface area contributed by atoms with Gasteiger partial charge in [-0.05, 0) is 30.2 Å². The van der Waals surface area contributed by atoms with E-state index in [1.54, 1.807) is 37.8 Å². The highest BCUT2D eigenvalue weighted by molar-refractivity contribution is 5.94. The van der Waals surface area contributed by atoms with Gasteiger partial charge in [0.2, 0.25) is 0 Å². The average molecular weight is 300 g/mol. The van der Waals surface area contributed by atoms with Gasteiger partial charge in [0.05, 0.1) is 0 Å². The Hall–Kier alpha value is -2.47. The molecule has 0 bridgehead atoms. The summed E-state index contributed by atoms with van der Waals surface area (Å²) in [6.07, 6.45) is 5.94. The Morgan fingerprint density at radius 3 is 3.00 bits per heavy atom. The standard InChI is InChI=1S/C16H20N4O2/c1-22-9-3-7-19-16(21)14-5-8-18-15(10-14)20-12-13-4-2-6-17-11-13/h2,4-6,8,10-11H,3,7,9,12H2,1H3,(H,18,20)(H,19,21). The van der Waals surface area contributed by atoms with Gasteiger partial charge in [0.15, 0.2) is 0 Å². The highest BCUT2D eigenvalue weighted by atomic mass is 16.5. The Bertz CT molecular complexity index is 590. The largest absolute Gasteiger partial charge is 0.385 e. The topological polar surface area (TPSA) is 76.1 Å². The fourth-order valence-corrected chi connectivity index (χ4v) is 1.88. The number of rotatable bonds is 8. The predicted octanol–water partition coefficient (Wildman–Crippen LogP) is 1.85. The minimum absolute atomic E-state index is 0.108. The zero-order valence-electron chi connectivity index (χ0n) is 12.6. The van der Waals surface area contributed by atoms with Gasteiger partial charge in [-0.1, -0.05) is 6.07 Å². The van der Waals surface area contributed by atoms with Gasteiger partial charge in [0.1, 0.15) is 5.82 Å². The van der Waals surface area contributed by atoms with Crippen LogP contribution in [0.15, 0.2) is 42.9 Å². The second-order valence-corrected chi connectivity index (χ2v) is 4.75. The van der Waals surface area contributed by atoms with E-state index < -0.39 is 0 Å². The molecule has 2 heterocycles. The molecule has 2 aromatic heterocycles. The highest BCUT2D eigenvalue weighted by Crippen LogP contribution is 2.08. The van der Waals surface area contributed by atoms with Crippen LogP contribution in [-0.4, -0.2) is 36.1 Å². The number of anilines is 1. The molecule has 116 valence electrons. The van der Waals surface area contributed by atoms with Crippen LogP contribution in [0.1, 0.15) is 22.3 Å². The Morgan fingerprint density at radius 2 is 2.23 bits per heavy atom. The van der Waals surface area contributed by atoms with E-state index in [0.29, 0.717) is 31.1 Å². The molecule has 0 saturated carbocycles. The monoisotopic (exact) mass is 300 g/mol. The van der Waals surface area contributed by atoms with Crippen molar-refractivity contribution in [1.29, 1.82) is 0 Å². The number of nitrogens with zero attached hydrogens (tertiary/aromatic N) is 2. The Labute approximate surface area is 129 Å². The van der Waals surface area contributed by atoms with Crippen molar-refractivity contribution in [2.24, 2.45) is 0 Å². The molecule has 0 fully saturated rings. The van der Waals surface area contributed by atoms with Gasteiger partial charge in [0.25, 0.3) is 5.91 Å². The lowest BCUT2D eigenvalue weighted by atomic mass is 10.2. The molecule has 0 aliphatic carbocycles. The summed E-state index contributed by atoms with van der Waals surface area (Å²) in [6, 6.07) is 7.30. The maximum Gasteiger partial charge on any atom is 0.251 e. The average Bonchev–Trinajstić information content (AvgIpc) is 2.58. The van der Waals surface area contributed by atoms with E-state index in [4.69, 9.17) is 4.74 Å². The maximum atomic E-state index is 12.0. The summed E-state index contributed by atoms with van der Waals surface area (Å²) >= 11 is 0. The lowest BCUT2D eigenvalue weighted by molar-refractivity contribution is 0.0948. The summed E-state index contributed by atoms with van der Waals surface area (Å²) in [6.45, 7) is 1.84. The van der Waals surface area contributed by atoms with Crippen LogP contribution >= 0.6 is 0 Å². The number of hydrogen-bond donors (Lipinski definition) is 2. The normalized spacial score (nSPS) is 10.2. The molecule has 0 aliphatic heterocycles. The smallest absolute Gasteiger partial charge is 0.251 e. The van der Waals surface area contributed by atoms with E-state index in [1.165, 1.54) is 0 Å². The first kappa shape index (κ1) is 15.9. The van der Waals surface area contributed by atoms with Gasteiger partial charge in [-0.3, -0.25) is 9.78 Å². The summed E-state index contributed by atoms with van der Waals surface area (Å²) in [7, 11) is 1.64. The number of pyridine rings is 2. The molecule has 1 amide bonds. The van der Waals surface area contributed by atoms with Crippen molar-refractivity contribution in [1.82, 2.24) is 15.3 Å². The molecule has 2 rings (SSSR count). The fraction of sp³-hybridized carbons (Fsp3) is 0.312. The molecule has 2 aromatic rings. The Balaban J connectivity index is 1.87. The minimum Gasteiger partial charge on any atom is -0.385 e. The number of aromatic nitrogens is 2. The molecule has 0 atom stereocenters. The first-order valence-electron chi connectivity index (χ1n) is 7.15. The van der Waals surface area contributed by atoms with Crippen LogP contribution in [0.3, 0.4) is 0 Å². The zero-order valence-corrected chi connectivity index (χ0v) is 12.6. The summed E-state index contributed by atoms with van der Waals surface area (Å²) in [5, 5.41) is 6.03. The SMILES string of the molecule is COCCCNC(=O)c1ccnc(NCc2cccnc2)c1. The molecule has 0 unspecified atom stereocenters. The number of amides is 1. The van der Waals surface area contributed by atoms with Gasteiger partial charge in [-0.15, -0.1) is 0 Å². The molecular weight excluding hydrogens is 280 g/mol. The van der Waals surface area contributed by atoms with Crippen molar-refractivity contribution in [3.63, 3.8) is 0 Å². The van der Waals surface area contributed by atoms with E-state index in [1.807, 2.05) is 12.1 Å². The quantitative estimate of drug-likeness (QED) is 0.728. The summed E-state index contributed by atoms with van der Waals surface area (Å²) in [5.41, 5.74) is 1.64. The molecule has 0 spiro atoms. The number of carbonyl (C=O) groups is 1. The first-order chi connectivity index (χ1) is 10.8. The van der Waals surface area contributed by atoms with Gasteiger partial charge in [-0.2, -0.15) is 0 Å². The van der Waals surface area contributed by atoms with Crippen LogP contribution in [0.2, 0.25) is 0 Å². The molecule has 6 nitrogen and oxygen atoms in total. The van der Waals surface area contributed by atoms with Gasteiger partial charge in [0, 0.05) is 51.0 Å². The van der Waals surface area contributed by atoms with E-state index in [-0.39, 0.29) is 5.91 Å². The number of nitrogens with one attached hydrogen (secondary N) is 2. The van der Waals surface area contributed by atoms with Crippen LogP contribution in [0.25, 0.3) is 0 Å². The summed E-state index contributed by atoms with van der Waals surface area (Å²) in [4.78, 5) is 20.3. The summed E-state index contributed by atoms with van der Waals surface area (Å²) < 4.78 is 4.95. The Kier molecular flexibility index (Phi) is 6.32. The van der Waals surface area contributed by atoms with Crippen molar-refractivity contribution in [3.05, 3.63) is 54.0 Å². The molecule has 2 N–H and O–H groups in total. The maximum absolute atomic E-state index is 12.0. The number of methoxy groups -OCH3 is 1. The summed E-state index contributed by atoms with van der Waals surface area (Å²) in [5.74, 6) is 0.552. The van der Waals surface area contributed by atoms with Crippen molar-refractivity contribution in [2.75, 3.05) is 25.6 Å². The minimum atomic E-state index is -0.108. The van der Waals surface area contributed by atoms with Gasteiger partial charge >= 0.3 is 0 Å². The first-order valence-corrected chi connectivity index (χ1v) is 7.15. The molecule has 0 radical (unpaired) electrons.